The molecule has 48 heavy (non-hydrogen) atoms. The van der Waals surface area contributed by atoms with E-state index in [0.717, 1.165) is 98.5 Å². The summed E-state index contributed by atoms with van der Waals surface area (Å²) < 4.78 is 2.21. The third-order valence-electron chi connectivity index (χ3n) is 11.8. The Morgan fingerprint density at radius 3 is 2.42 bits per heavy atom. The number of carbonyl (C=O) groups excluding carboxylic acids is 2. The SMILES string of the molecule is C=CC(=O)N1CC2(CC(n3nc(N4CCCCC4(C)C)c(-c4c(Cl)c(Cl)cc5[nH]ncc45)c3C)C2)C1.CC(=O)N1CCCC12CN(C)C2. The van der Waals surface area contributed by atoms with Crippen molar-refractivity contribution in [2.24, 2.45) is 5.41 Å². The minimum Gasteiger partial charge on any atom is -0.350 e. The first-order valence-corrected chi connectivity index (χ1v) is 18.1. The van der Waals surface area contributed by atoms with Crippen molar-refractivity contribution < 1.29 is 9.59 Å². The molecule has 12 heteroatoms. The van der Waals surface area contributed by atoms with E-state index in [2.05, 4.69) is 64.0 Å². The summed E-state index contributed by atoms with van der Waals surface area (Å²) in [5.41, 5.74) is 4.32. The first kappa shape index (κ1) is 33.4. The maximum absolute atomic E-state index is 12.0. The Morgan fingerprint density at radius 2 is 1.77 bits per heavy atom. The Bertz CT molecular complexity index is 1760. The Morgan fingerprint density at radius 1 is 1.04 bits per heavy atom. The molecular formula is C36H48Cl2N8O2. The van der Waals surface area contributed by atoms with Crippen molar-refractivity contribution >= 4 is 51.7 Å². The van der Waals surface area contributed by atoms with Crippen molar-refractivity contribution in [3.05, 3.63) is 40.7 Å². The lowest BCUT2D eigenvalue weighted by Crippen LogP contribution is -2.67. The van der Waals surface area contributed by atoms with Gasteiger partial charge in [0.1, 0.15) is 0 Å². The van der Waals surface area contributed by atoms with E-state index in [4.69, 9.17) is 28.3 Å². The zero-order valence-corrected chi connectivity index (χ0v) is 30.4. The molecule has 8 rings (SSSR count). The average molecular weight is 696 g/mol. The largest absolute Gasteiger partial charge is 0.350 e. The monoisotopic (exact) mass is 694 g/mol. The number of aromatic amines is 1. The molecule has 10 nitrogen and oxygen atoms in total. The second-order valence-electron chi connectivity index (χ2n) is 15.7. The number of aromatic nitrogens is 4. The van der Waals surface area contributed by atoms with Gasteiger partial charge in [0.2, 0.25) is 11.8 Å². The Labute approximate surface area is 293 Å². The lowest BCUT2D eigenvalue weighted by Gasteiger charge is -2.58. The van der Waals surface area contributed by atoms with Crippen molar-refractivity contribution in [1.29, 1.82) is 0 Å². The van der Waals surface area contributed by atoms with E-state index in [1.807, 2.05) is 17.2 Å². The molecule has 258 valence electrons. The molecule has 1 N–H and O–H groups in total. The lowest BCUT2D eigenvalue weighted by molar-refractivity contribution is -0.149. The van der Waals surface area contributed by atoms with E-state index < -0.39 is 0 Å². The quantitative estimate of drug-likeness (QED) is 0.315. The molecule has 3 aromatic rings. The van der Waals surface area contributed by atoms with Crippen LogP contribution in [-0.4, -0.2) is 104 Å². The fraction of sp³-hybridized carbons (Fsp3) is 0.611. The molecule has 0 radical (unpaired) electrons. The van der Waals surface area contributed by atoms with Gasteiger partial charge in [-0.25, -0.2) is 0 Å². The highest BCUT2D eigenvalue weighted by Crippen LogP contribution is 2.56. The van der Waals surface area contributed by atoms with Gasteiger partial charge in [0.25, 0.3) is 0 Å². The van der Waals surface area contributed by atoms with E-state index in [9.17, 15) is 9.59 Å². The van der Waals surface area contributed by atoms with Crippen LogP contribution in [0, 0.1) is 12.3 Å². The number of benzene rings is 1. The number of anilines is 1. The number of halogens is 2. The predicted octanol–water partition coefficient (Wildman–Crippen LogP) is 6.47. The third-order valence-corrected chi connectivity index (χ3v) is 12.5. The summed E-state index contributed by atoms with van der Waals surface area (Å²) in [5, 5.41) is 14.6. The number of hydrogen-bond acceptors (Lipinski definition) is 6. The number of fused-ring (bicyclic) bond motifs is 1. The average Bonchev–Trinajstić information content (AvgIpc) is 3.70. The number of nitrogens with one attached hydrogen (secondary N) is 1. The summed E-state index contributed by atoms with van der Waals surface area (Å²) >= 11 is 13.5. The number of hydrogen-bond donors (Lipinski definition) is 1. The van der Waals surface area contributed by atoms with Crippen LogP contribution in [0.3, 0.4) is 0 Å². The van der Waals surface area contributed by atoms with Gasteiger partial charge >= 0.3 is 0 Å². The van der Waals surface area contributed by atoms with Crippen molar-refractivity contribution in [3.8, 4) is 11.1 Å². The van der Waals surface area contributed by atoms with Crippen molar-refractivity contribution in [1.82, 2.24) is 34.7 Å². The van der Waals surface area contributed by atoms with E-state index in [1.165, 1.54) is 25.3 Å². The molecule has 5 aliphatic rings. The van der Waals surface area contributed by atoms with Gasteiger partial charge in [-0.2, -0.15) is 10.2 Å². The topological polar surface area (TPSA) is 93.6 Å². The number of amides is 2. The van der Waals surface area contributed by atoms with Crippen LogP contribution in [-0.2, 0) is 9.59 Å². The normalized spacial score (nSPS) is 22.7. The van der Waals surface area contributed by atoms with Crippen LogP contribution in [0.4, 0.5) is 5.82 Å². The number of piperidine rings is 1. The van der Waals surface area contributed by atoms with Crippen molar-refractivity contribution in [2.75, 3.05) is 51.2 Å². The van der Waals surface area contributed by atoms with Crippen LogP contribution in [0.25, 0.3) is 22.0 Å². The molecule has 1 aliphatic carbocycles. The molecule has 1 saturated carbocycles. The van der Waals surface area contributed by atoms with Gasteiger partial charge in [0.15, 0.2) is 5.82 Å². The number of nitrogens with zero attached hydrogens (tertiary/aromatic N) is 7. The van der Waals surface area contributed by atoms with E-state index in [1.54, 1.807) is 6.92 Å². The number of likely N-dealkylation sites (N-methyl/N-ethyl adjacent to an activating group) is 1. The molecule has 5 fully saturated rings. The van der Waals surface area contributed by atoms with E-state index in [0.29, 0.717) is 16.1 Å². The van der Waals surface area contributed by atoms with E-state index in [-0.39, 0.29) is 28.3 Å². The highest BCUT2D eigenvalue weighted by Gasteiger charge is 2.55. The van der Waals surface area contributed by atoms with Gasteiger partial charge in [-0.1, -0.05) is 29.8 Å². The molecule has 4 aliphatic heterocycles. The number of likely N-dealkylation sites (tertiary alicyclic amines) is 3. The Balaban J connectivity index is 0.000000255. The van der Waals surface area contributed by atoms with Gasteiger partial charge in [-0.05, 0) is 84.9 Å². The van der Waals surface area contributed by atoms with Gasteiger partial charge in [0, 0.05) is 79.4 Å². The summed E-state index contributed by atoms with van der Waals surface area (Å²) in [4.78, 5) is 31.9. The molecule has 2 amide bonds. The van der Waals surface area contributed by atoms with Crippen LogP contribution in [0.15, 0.2) is 24.9 Å². The summed E-state index contributed by atoms with van der Waals surface area (Å²) in [5.74, 6) is 1.25. The number of carbonyl (C=O) groups is 2. The highest BCUT2D eigenvalue weighted by atomic mass is 35.5. The first-order chi connectivity index (χ1) is 22.8. The second-order valence-corrected chi connectivity index (χ2v) is 16.4. The van der Waals surface area contributed by atoms with Crippen LogP contribution >= 0.6 is 23.2 Å². The second kappa shape index (κ2) is 12.1. The Hall–Kier alpha value is -3.08. The molecule has 1 aromatic carbocycles. The minimum atomic E-state index is -0.0143. The van der Waals surface area contributed by atoms with Gasteiger partial charge < -0.3 is 19.6 Å². The van der Waals surface area contributed by atoms with Crippen molar-refractivity contribution in [3.63, 3.8) is 0 Å². The molecule has 0 unspecified atom stereocenters. The molecule has 0 atom stereocenters. The zero-order valence-electron chi connectivity index (χ0n) is 28.9. The molecule has 2 aromatic heterocycles. The lowest BCUT2D eigenvalue weighted by atomic mass is 9.60. The maximum Gasteiger partial charge on any atom is 0.245 e. The van der Waals surface area contributed by atoms with Crippen LogP contribution in [0.1, 0.15) is 77.5 Å². The molecule has 6 heterocycles. The van der Waals surface area contributed by atoms with Crippen LogP contribution < -0.4 is 4.90 Å². The summed E-state index contributed by atoms with van der Waals surface area (Å²) in [7, 11) is 2.11. The standard InChI is InChI=1S/C27H32Cl2N6O.C9H16N2O/c1-5-21(36)33-14-27(15-33)11-17(12-27)35-16(2)22(25(32-35)34-9-7-6-8-26(34,3)4)23-18-13-30-31-20(18)10-19(28)24(23)29;1-8(12)11-5-3-4-9(11)6-10(2)7-9/h5,10,13,17H,1,6-9,11-12,14-15H2,2-4H3,(H,30,31);3-7H2,1-2H3. The van der Waals surface area contributed by atoms with E-state index >= 15 is 0 Å². The molecular weight excluding hydrogens is 647 g/mol. The Kier molecular flexibility index (Phi) is 8.39. The van der Waals surface area contributed by atoms with Crippen molar-refractivity contribution in [2.45, 2.75) is 89.8 Å². The predicted molar refractivity (Wildman–Crippen MR) is 192 cm³/mol. The fourth-order valence-electron chi connectivity index (χ4n) is 9.41. The third kappa shape index (κ3) is 5.42. The number of H-pyrrole nitrogens is 1. The van der Waals surface area contributed by atoms with Crippen LogP contribution in [0.5, 0.6) is 0 Å². The van der Waals surface area contributed by atoms with Gasteiger partial charge in [0.05, 0.1) is 33.3 Å². The van der Waals surface area contributed by atoms with Gasteiger partial charge in [-0.15, -0.1) is 0 Å². The summed E-state index contributed by atoms with van der Waals surface area (Å²) in [6, 6.07) is 2.13. The molecule has 4 saturated heterocycles. The summed E-state index contributed by atoms with van der Waals surface area (Å²) in [6.07, 6.45) is 11.1. The fourth-order valence-corrected chi connectivity index (χ4v) is 9.87. The maximum atomic E-state index is 12.0. The first-order valence-electron chi connectivity index (χ1n) is 17.3. The number of rotatable bonds is 4. The summed E-state index contributed by atoms with van der Waals surface area (Å²) in [6.45, 7) is 17.8. The molecule has 2 spiro atoms. The highest BCUT2D eigenvalue weighted by molar-refractivity contribution is 6.45. The van der Waals surface area contributed by atoms with Gasteiger partial charge in [-0.3, -0.25) is 19.4 Å². The zero-order chi connectivity index (χ0) is 34.2. The minimum absolute atomic E-state index is 0.0143. The molecule has 0 bridgehead atoms. The smallest absolute Gasteiger partial charge is 0.245 e. The van der Waals surface area contributed by atoms with Crippen LogP contribution in [0.2, 0.25) is 10.0 Å².